The predicted molar refractivity (Wildman–Crippen MR) is 101 cm³/mol. The summed E-state index contributed by atoms with van der Waals surface area (Å²) >= 11 is 0. The van der Waals surface area contributed by atoms with Crippen molar-refractivity contribution < 1.29 is 28.9 Å². The van der Waals surface area contributed by atoms with Crippen LogP contribution in [0, 0.1) is 0 Å². The highest BCUT2D eigenvalue weighted by Crippen LogP contribution is 2.35. The highest BCUT2D eigenvalue weighted by Gasteiger charge is 2.31. The molecule has 27 heavy (non-hydrogen) atoms. The number of carbonyl (C=O) groups excluding carboxylic acids is 1. The van der Waals surface area contributed by atoms with Crippen molar-refractivity contribution in [1.82, 2.24) is 0 Å². The van der Waals surface area contributed by atoms with Gasteiger partial charge in [-0.2, -0.15) is 0 Å². The molecule has 0 aliphatic heterocycles. The lowest BCUT2D eigenvalue weighted by molar-refractivity contribution is -0.131. The molecule has 0 radical (unpaired) electrons. The number of ether oxygens (including phenoxy) is 3. The minimum Gasteiger partial charge on any atom is -0.478 e. The van der Waals surface area contributed by atoms with Crippen molar-refractivity contribution >= 4 is 11.9 Å². The minimum atomic E-state index is -1.15. The van der Waals surface area contributed by atoms with Crippen LogP contribution < -0.4 is 4.74 Å². The lowest BCUT2D eigenvalue weighted by Crippen LogP contribution is -2.31. The van der Waals surface area contributed by atoms with Crippen LogP contribution in [0.25, 0.3) is 0 Å². The zero-order valence-electron chi connectivity index (χ0n) is 16.6. The molecule has 0 saturated carbocycles. The number of esters is 1. The summed E-state index contributed by atoms with van der Waals surface area (Å²) < 4.78 is 16.4. The quantitative estimate of drug-likeness (QED) is 0.466. The van der Waals surface area contributed by atoms with E-state index in [1.165, 1.54) is 19.1 Å². The zero-order valence-corrected chi connectivity index (χ0v) is 16.6. The van der Waals surface area contributed by atoms with Crippen LogP contribution in [0.3, 0.4) is 0 Å². The topological polar surface area (TPSA) is 82.1 Å². The van der Waals surface area contributed by atoms with Crippen molar-refractivity contribution in [2.24, 2.45) is 0 Å². The van der Waals surface area contributed by atoms with E-state index in [0.29, 0.717) is 6.42 Å². The third-order valence-electron chi connectivity index (χ3n) is 5.02. The van der Waals surface area contributed by atoms with Crippen LogP contribution in [0.5, 0.6) is 5.75 Å². The van der Waals surface area contributed by atoms with E-state index < -0.39 is 11.9 Å². The van der Waals surface area contributed by atoms with Crippen LogP contribution in [-0.4, -0.2) is 43.5 Å². The van der Waals surface area contributed by atoms with E-state index in [4.69, 9.17) is 14.2 Å². The molecular formula is C21H26O6. The first-order chi connectivity index (χ1) is 12.7. The average molecular weight is 374 g/mol. The van der Waals surface area contributed by atoms with Gasteiger partial charge in [0, 0.05) is 21.1 Å². The number of carbonyl (C=O) groups is 2. The Labute approximate surface area is 159 Å². The molecule has 1 aromatic rings. The van der Waals surface area contributed by atoms with Crippen LogP contribution in [0.2, 0.25) is 0 Å². The van der Waals surface area contributed by atoms with Crippen molar-refractivity contribution in [3.63, 3.8) is 0 Å². The summed E-state index contributed by atoms with van der Waals surface area (Å²) in [5.74, 6) is -1.67. The Hall–Kier alpha value is -2.44. The SMILES string of the molecule is COC1C(C)=C(C)C(OC)C(Cc2ccc(OC(C)=O)c(C(=O)O)c2)=C1C. The number of carboxylic acids is 1. The van der Waals surface area contributed by atoms with E-state index >= 15 is 0 Å². The molecular weight excluding hydrogens is 348 g/mol. The minimum absolute atomic E-state index is 0.0399. The Kier molecular flexibility index (Phi) is 6.57. The Morgan fingerprint density at radius 2 is 1.59 bits per heavy atom. The third kappa shape index (κ3) is 4.28. The van der Waals surface area contributed by atoms with Gasteiger partial charge in [0.05, 0.1) is 12.2 Å². The first-order valence-electron chi connectivity index (χ1n) is 8.68. The zero-order chi connectivity index (χ0) is 20.3. The van der Waals surface area contributed by atoms with E-state index in [0.717, 1.165) is 27.9 Å². The Morgan fingerprint density at radius 3 is 2.11 bits per heavy atom. The van der Waals surface area contributed by atoms with E-state index in [-0.39, 0.29) is 23.5 Å². The van der Waals surface area contributed by atoms with Crippen molar-refractivity contribution in [3.8, 4) is 5.75 Å². The maximum atomic E-state index is 11.6. The van der Waals surface area contributed by atoms with Gasteiger partial charge >= 0.3 is 11.9 Å². The van der Waals surface area contributed by atoms with Crippen molar-refractivity contribution in [3.05, 3.63) is 51.6 Å². The number of methoxy groups -OCH3 is 2. The molecule has 0 spiro atoms. The van der Waals surface area contributed by atoms with Gasteiger partial charge in [-0.05, 0) is 67.2 Å². The van der Waals surface area contributed by atoms with Gasteiger partial charge in [-0.1, -0.05) is 6.07 Å². The summed E-state index contributed by atoms with van der Waals surface area (Å²) in [5, 5.41) is 9.46. The summed E-state index contributed by atoms with van der Waals surface area (Å²) in [5.41, 5.74) is 5.08. The molecule has 0 saturated heterocycles. The van der Waals surface area contributed by atoms with Crippen LogP contribution >= 0.6 is 0 Å². The van der Waals surface area contributed by atoms with E-state index in [1.807, 2.05) is 20.8 Å². The summed E-state index contributed by atoms with van der Waals surface area (Å²) in [4.78, 5) is 22.8. The van der Waals surface area contributed by atoms with Gasteiger partial charge in [-0.3, -0.25) is 4.79 Å². The fourth-order valence-electron chi connectivity index (χ4n) is 3.60. The molecule has 0 aromatic heterocycles. The number of benzene rings is 1. The second-order valence-corrected chi connectivity index (χ2v) is 6.71. The molecule has 146 valence electrons. The fraction of sp³-hybridized carbons (Fsp3) is 0.429. The normalized spacial score (nSPS) is 20.1. The smallest absolute Gasteiger partial charge is 0.339 e. The molecule has 0 amide bonds. The van der Waals surface area contributed by atoms with Crippen LogP contribution in [-0.2, 0) is 20.7 Å². The van der Waals surface area contributed by atoms with Gasteiger partial charge < -0.3 is 19.3 Å². The number of rotatable bonds is 6. The van der Waals surface area contributed by atoms with Gasteiger partial charge in [-0.25, -0.2) is 4.79 Å². The second kappa shape index (κ2) is 8.50. The van der Waals surface area contributed by atoms with E-state index in [2.05, 4.69) is 0 Å². The molecule has 6 heteroatoms. The number of carboxylic acid groups (broad SMARTS) is 1. The number of aromatic carboxylic acids is 1. The third-order valence-corrected chi connectivity index (χ3v) is 5.02. The molecule has 2 rings (SSSR count). The largest absolute Gasteiger partial charge is 0.478 e. The molecule has 1 aliphatic rings. The maximum absolute atomic E-state index is 11.6. The van der Waals surface area contributed by atoms with Gasteiger partial charge in [0.1, 0.15) is 11.3 Å². The monoisotopic (exact) mass is 374 g/mol. The first kappa shape index (κ1) is 20.9. The highest BCUT2D eigenvalue weighted by atomic mass is 16.5. The molecule has 0 bridgehead atoms. The number of hydrogen-bond acceptors (Lipinski definition) is 5. The summed E-state index contributed by atoms with van der Waals surface area (Å²) in [6, 6.07) is 4.82. The molecule has 6 nitrogen and oxygen atoms in total. The Balaban J connectivity index is 2.45. The van der Waals surface area contributed by atoms with Gasteiger partial charge in [0.25, 0.3) is 0 Å². The number of hydrogen-bond donors (Lipinski definition) is 1. The van der Waals surface area contributed by atoms with Gasteiger partial charge in [-0.15, -0.1) is 0 Å². The second-order valence-electron chi connectivity index (χ2n) is 6.71. The summed E-state index contributed by atoms with van der Waals surface area (Å²) in [6.45, 7) is 7.30. The highest BCUT2D eigenvalue weighted by molar-refractivity contribution is 5.92. The average Bonchev–Trinajstić information content (AvgIpc) is 2.61. The standard InChI is InChI=1S/C21H26O6/c1-11-12(2)20(26-6)16(13(3)19(11)25-5)9-15-7-8-18(27-14(4)22)17(10-15)21(23)24/h7-8,10,19-20H,9H2,1-6H3,(H,23,24). The molecule has 0 heterocycles. The van der Waals surface area contributed by atoms with Crippen molar-refractivity contribution in [2.45, 2.75) is 46.3 Å². The lowest BCUT2D eigenvalue weighted by atomic mass is 9.81. The summed E-state index contributed by atoms with van der Waals surface area (Å²) in [7, 11) is 3.33. The molecule has 1 aliphatic carbocycles. The van der Waals surface area contributed by atoms with E-state index in [9.17, 15) is 14.7 Å². The van der Waals surface area contributed by atoms with Crippen LogP contribution in [0.1, 0.15) is 43.6 Å². The molecule has 2 atom stereocenters. The predicted octanol–water partition coefficient (Wildman–Crippen LogP) is 3.55. The lowest BCUT2D eigenvalue weighted by Gasteiger charge is -2.34. The van der Waals surface area contributed by atoms with Crippen LogP contribution in [0.15, 0.2) is 40.5 Å². The molecule has 1 N–H and O–H groups in total. The summed E-state index contributed by atoms with van der Waals surface area (Å²) in [6.07, 6.45) is 0.207. The Bertz CT molecular complexity index is 818. The molecule has 1 aromatic carbocycles. The van der Waals surface area contributed by atoms with Crippen molar-refractivity contribution in [2.75, 3.05) is 14.2 Å². The Morgan fingerprint density at radius 1 is 1.00 bits per heavy atom. The maximum Gasteiger partial charge on any atom is 0.339 e. The van der Waals surface area contributed by atoms with Gasteiger partial charge in [0.2, 0.25) is 0 Å². The molecule has 2 unspecified atom stereocenters. The van der Waals surface area contributed by atoms with Gasteiger partial charge in [0.15, 0.2) is 0 Å². The van der Waals surface area contributed by atoms with Crippen LogP contribution in [0.4, 0.5) is 0 Å². The van der Waals surface area contributed by atoms with Crippen molar-refractivity contribution in [1.29, 1.82) is 0 Å². The van der Waals surface area contributed by atoms with E-state index in [1.54, 1.807) is 20.3 Å². The molecule has 0 fully saturated rings. The first-order valence-corrected chi connectivity index (χ1v) is 8.68. The fourth-order valence-corrected chi connectivity index (χ4v) is 3.60.